The van der Waals surface area contributed by atoms with Crippen molar-refractivity contribution in [2.75, 3.05) is 6.61 Å². The van der Waals surface area contributed by atoms with Crippen molar-refractivity contribution in [3.05, 3.63) is 54.2 Å². The van der Waals surface area contributed by atoms with Crippen LogP contribution in [-0.2, 0) is 4.74 Å². The van der Waals surface area contributed by atoms with E-state index in [1.807, 2.05) is 36.4 Å². The SMILES string of the molecule is CC(C)(C)[C@H]1COC(c2cccc(-c3ccccc3)n2)=N1. The average Bonchev–Trinajstić information content (AvgIpc) is 2.98. The molecule has 3 rings (SSSR count). The second-order valence-corrected chi connectivity index (χ2v) is 6.40. The maximum absolute atomic E-state index is 5.76. The van der Waals surface area contributed by atoms with Gasteiger partial charge in [0.25, 0.3) is 0 Å². The topological polar surface area (TPSA) is 34.5 Å². The number of ether oxygens (including phenoxy) is 1. The molecule has 21 heavy (non-hydrogen) atoms. The Kier molecular flexibility index (Phi) is 3.50. The van der Waals surface area contributed by atoms with Crippen LogP contribution < -0.4 is 0 Å². The van der Waals surface area contributed by atoms with E-state index in [-0.39, 0.29) is 11.5 Å². The van der Waals surface area contributed by atoms with Crippen LogP contribution in [0.15, 0.2) is 53.5 Å². The molecule has 1 atom stereocenters. The van der Waals surface area contributed by atoms with Gasteiger partial charge in [0.05, 0.1) is 11.7 Å². The standard InChI is InChI=1S/C18H20N2O/c1-18(2,3)16-12-21-17(20-16)15-11-7-10-14(19-15)13-8-5-4-6-9-13/h4-11,16H,12H2,1-3H3/t16-/m1/s1. The molecule has 3 heteroatoms. The summed E-state index contributed by atoms with van der Waals surface area (Å²) in [6.45, 7) is 7.18. The average molecular weight is 280 g/mol. The van der Waals surface area contributed by atoms with Crippen molar-refractivity contribution >= 4 is 5.90 Å². The quantitative estimate of drug-likeness (QED) is 0.835. The second kappa shape index (κ2) is 5.32. The van der Waals surface area contributed by atoms with Crippen molar-refractivity contribution in [3.63, 3.8) is 0 Å². The lowest BCUT2D eigenvalue weighted by Crippen LogP contribution is -2.25. The van der Waals surface area contributed by atoms with E-state index in [4.69, 9.17) is 9.73 Å². The highest BCUT2D eigenvalue weighted by atomic mass is 16.5. The highest BCUT2D eigenvalue weighted by molar-refractivity contribution is 5.93. The first-order chi connectivity index (χ1) is 10.0. The molecule has 108 valence electrons. The lowest BCUT2D eigenvalue weighted by Gasteiger charge is -2.21. The number of aliphatic imine (C=N–C) groups is 1. The summed E-state index contributed by atoms with van der Waals surface area (Å²) in [4.78, 5) is 9.38. The number of rotatable bonds is 2. The first-order valence-electron chi connectivity index (χ1n) is 7.27. The summed E-state index contributed by atoms with van der Waals surface area (Å²) in [6, 6.07) is 16.3. The number of pyridine rings is 1. The molecule has 0 amide bonds. The zero-order chi connectivity index (χ0) is 14.9. The summed E-state index contributed by atoms with van der Waals surface area (Å²) in [7, 11) is 0. The second-order valence-electron chi connectivity index (χ2n) is 6.40. The molecule has 0 aliphatic carbocycles. The summed E-state index contributed by atoms with van der Waals surface area (Å²) in [5.74, 6) is 0.660. The third kappa shape index (κ3) is 2.97. The zero-order valence-corrected chi connectivity index (χ0v) is 12.7. The summed E-state index contributed by atoms with van der Waals surface area (Å²) >= 11 is 0. The normalized spacial score (nSPS) is 18.2. The number of aromatic nitrogens is 1. The number of hydrogen-bond acceptors (Lipinski definition) is 3. The number of nitrogens with zero attached hydrogens (tertiary/aromatic N) is 2. The fourth-order valence-corrected chi connectivity index (χ4v) is 2.28. The van der Waals surface area contributed by atoms with Crippen LogP contribution >= 0.6 is 0 Å². The van der Waals surface area contributed by atoms with Crippen LogP contribution in [0.3, 0.4) is 0 Å². The van der Waals surface area contributed by atoms with Gasteiger partial charge in [-0.25, -0.2) is 9.98 Å². The van der Waals surface area contributed by atoms with Crippen molar-refractivity contribution < 1.29 is 4.74 Å². The molecule has 1 aliphatic rings. The van der Waals surface area contributed by atoms with Crippen LogP contribution in [0.2, 0.25) is 0 Å². The Hall–Kier alpha value is -2.16. The molecule has 3 nitrogen and oxygen atoms in total. The summed E-state index contributed by atoms with van der Waals surface area (Å²) < 4.78 is 5.76. The van der Waals surface area contributed by atoms with Gasteiger partial charge in [-0.1, -0.05) is 57.2 Å². The molecule has 0 saturated heterocycles. The molecule has 0 unspecified atom stereocenters. The fraction of sp³-hybridized carbons (Fsp3) is 0.333. The molecule has 0 bridgehead atoms. The fourth-order valence-electron chi connectivity index (χ4n) is 2.28. The minimum absolute atomic E-state index is 0.110. The summed E-state index contributed by atoms with van der Waals surface area (Å²) in [6.07, 6.45) is 0. The first-order valence-corrected chi connectivity index (χ1v) is 7.27. The molecular formula is C18H20N2O. The van der Waals surface area contributed by atoms with Crippen molar-refractivity contribution in [1.29, 1.82) is 0 Å². The largest absolute Gasteiger partial charge is 0.474 e. The van der Waals surface area contributed by atoms with E-state index in [0.29, 0.717) is 12.5 Å². The van der Waals surface area contributed by atoms with Crippen molar-refractivity contribution in [1.82, 2.24) is 4.98 Å². The van der Waals surface area contributed by atoms with Crippen LogP contribution in [0, 0.1) is 5.41 Å². The molecule has 2 heterocycles. The van der Waals surface area contributed by atoms with E-state index in [9.17, 15) is 0 Å². The predicted octanol–water partition coefficient (Wildman–Crippen LogP) is 3.94. The molecule has 0 spiro atoms. The highest BCUT2D eigenvalue weighted by Gasteiger charge is 2.31. The van der Waals surface area contributed by atoms with E-state index in [1.165, 1.54) is 0 Å². The van der Waals surface area contributed by atoms with Gasteiger partial charge in [-0.05, 0) is 17.5 Å². The molecular weight excluding hydrogens is 260 g/mol. The van der Waals surface area contributed by atoms with Crippen LogP contribution in [0.1, 0.15) is 26.5 Å². The van der Waals surface area contributed by atoms with Gasteiger partial charge in [-0.2, -0.15) is 0 Å². The van der Waals surface area contributed by atoms with Gasteiger partial charge in [0.2, 0.25) is 5.90 Å². The maximum Gasteiger partial charge on any atom is 0.235 e. The van der Waals surface area contributed by atoms with Crippen LogP contribution in [-0.4, -0.2) is 23.5 Å². The lowest BCUT2D eigenvalue weighted by atomic mass is 9.88. The van der Waals surface area contributed by atoms with Crippen molar-refractivity contribution in [2.45, 2.75) is 26.8 Å². The lowest BCUT2D eigenvalue weighted by molar-refractivity contribution is 0.235. The van der Waals surface area contributed by atoms with Crippen LogP contribution in [0.4, 0.5) is 0 Å². The smallest absolute Gasteiger partial charge is 0.235 e. The van der Waals surface area contributed by atoms with Crippen molar-refractivity contribution in [3.8, 4) is 11.3 Å². The van der Waals surface area contributed by atoms with Gasteiger partial charge in [0.1, 0.15) is 12.3 Å². The van der Waals surface area contributed by atoms with E-state index >= 15 is 0 Å². The Bertz CT molecular complexity index is 656. The molecule has 0 saturated carbocycles. The molecule has 0 fully saturated rings. The minimum Gasteiger partial charge on any atom is -0.474 e. The van der Waals surface area contributed by atoms with Gasteiger partial charge in [0.15, 0.2) is 0 Å². The molecule has 1 aliphatic heterocycles. The zero-order valence-electron chi connectivity index (χ0n) is 12.7. The summed E-state index contributed by atoms with van der Waals surface area (Å²) in [5.41, 5.74) is 2.96. The van der Waals surface area contributed by atoms with Gasteiger partial charge in [-0.15, -0.1) is 0 Å². The molecule has 0 N–H and O–H groups in total. The van der Waals surface area contributed by atoms with Crippen LogP contribution in [0.5, 0.6) is 0 Å². The maximum atomic E-state index is 5.76. The predicted molar refractivity (Wildman–Crippen MR) is 85.4 cm³/mol. The third-order valence-electron chi connectivity index (χ3n) is 3.69. The minimum atomic E-state index is 0.110. The van der Waals surface area contributed by atoms with Gasteiger partial charge < -0.3 is 4.74 Å². The van der Waals surface area contributed by atoms with Crippen LogP contribution in [0.25, 0.3) is 11.3 Å². The monoisotopic (exact) mass is 280 g/mol. The Morgan fingerprint density at radius 3 is 2.33 bits per heavy atom. The summed E-state index contributed by atoms with van der Waals surface area (Å²) in [5, 5.41) is 0. The Morgan fingerprint density at radius 1 is 0.952 bits per heavy atom. The van der Waals surface area contributed by atoms with Crippen molar-refractivity contribution in [2.24, 2.45) is 10.4 Å². The Balaban J connectivity index is 1.91. The number of hydrogen-bond donors (Lipinski definition) is 0. The highest BCUT2D eigenvalue weighted by Crippen LogP contribution is 2.27. The third-order valence-corrected chi connectivity index (χ3v) is 3.69. The van der Waals surface area contributed by atoms with Gasteiger partial charge in [-0.3, -0.25) is 0 Å². The Morgan fingerprint density at radius 2 is 1.67 bits per heavy atom. The first kappa shape index (κ1) is 13.8. The molecule has 0 radical (unpaired) electrons. The number of benzene rings is 1. The van der Waals surface area contributed by atoms with Gasteiger partial charge >= 0.3 is 0 Å². The Labute approximate surface area is 125 Å². The van der Waals surface area contributed by atoms with E-state index in [1.54, 1.807) is 0 Å². The molecule has 1 aromatic heterocycles. The molecule has 2 aromatic rings. The van der Waals surface area contributed by atoms with E-state index < -0.39 is 0 Å². The van der Waals surface area contributed by atoms with Gasteiger partial charge in [0, 0.05) is 5.56 Å². The van der Waals surface area contributed by atoms with E-state index in [2.05, 4.69) is 37.9 Å². The molecule has 1 aromatic carbocycles. The van der Waals surface area contributed by atoms with E-state index in [0.717, 1.165) is 17.0 Å².